The van der Waals surface area contributed by atoms with E-state index in [4.69, 9.17) is 4.84 Å². The molecule has 0 saturated carbocycles. The highest BCUT2D eigenvalue weighted by Crippen LogP contribution is 2.24. The second-order valence-corrected chi connectivity index (χ2v) is 4.63. The molecule has 0 bridgehead atoms. The fourth-order valence-corrected chi connectivity index (χ4v) is 1.52. The number of hydroxylamine groups is 2. The molecule has 0 aliphatic carbocycles. The average Bonchev–Trinajstić information content (AvgIpc) is 2.16. The van der Waals surface area contributed by atoms with E-state index in [1.165, 1.54) is 11.1 Å². The fourth-order valence-electron chi connectivity index (χ4n) is 1.52. The summed E-state index contributed by atoms with van der Waals surface area (Å²) in [4.78, 5) is 9.81. The normalized spacial score (nSPS) is 17.9. The molecule has 1 aliphatic rings. The van der Waals surface area contributed by atoms with Gasteiger partial charge in [0.05, 0.1) is 13.2 Å². The van der Waals surface area contributed by atoms with E-state index in [0.717, 1.165) is 6.54 Å². The van der Waals surface area contributed by atoms with Crippen LogP contribution in [0.5, 0.6) is 0 Å². The maximum Gasteiger partial charge on any atom is 0.0940 e. The van der Waals surface area contributed by atoms with Crippen molar-refractivity contribution in [3.05, 3.63) is 29.6 Å². The van der Waals surface area contributed by atoms with Gasteiger partial charge in [0.2, 0.25) is 0 Å². The molecule has 2 rings (SSSR count). The molecular weight excluding hydrogens is 176 g/mol. The molecule has 0 N–H and O–H groups in total. The lowest BCUT2D eigenvalue weighted by Gasteiger charge is -2.37. The first-order valence-corrected chi connectivity index (χ1v) is 4.90. The van der Waals surface area contributed by atoms with E-state index in [0.29, 0.717) is 6.61 Å². The number of hydrogen-bond acceptors (Lipinski definition) is 3. The lowest BCUT2D eigenvalue weighted by atomic mass is 10.1. The highest BCUT2D eigenvalue weighted by molar-refractivity contribution is 5.23. The van der Waals surface area contributed by atoms with Gasteiger partial charge in [-0.1, -0.05) is 0 Å². The summed E-state index contributed by atoms with van der Waals surface area (Å²) in [6.07, 6.45) is 3.74. The molecule has 0 amide bonds. The van der Waals surface area contributed by atoms with Crippen LogP contribution in [0.3, 0.4) is 0 Å². The lowest BCUT2D eigenvalue weighted by molar-refractivity contribution is -0.235. The van der Waals surface area contributed by atoms with E-state index in [2.05, 4.69) is 25.8 Å². The van der Waals surface area contributed by atoms with Gasteiger partial charge in [-0.25, -0.2) is 0 Å². The molecule has 0 fully saturated rings. The van der Waals surface area contributed by atoms with Crippen LogP contribution in [0.25, 0.3) is 0 Å². The molecule has 0 aromatic carbocycles. The minimum Gasteiger partial charge on any atom is -0.293 e. The second kappa shape index (κ2) is 3.33. The molecule has 3 heteroatoms. The lowest BCUT2D eigenvalue weighted by Crippen LogP contribution is -2.42. The topological polar surface area (TPSA) is 25.4 Å². The van der Waals surface area contributed by atoms with Crippen LogP contribution < -0.4 is 0 Å². The predicted octanol–water partition coefficient (Wildman–Crippen LogP) is 2.13. The van der Waals surface area contributed by atoms with Crippen LogP contribution in [-0.2, 0) is 18.0 Å². The molecule has 0 atom stereocenters. The Labute approximate surface area is 84.7 Å². The largest absolute Gasteiger partial charge is 0.293 e. The van der Waals surface area contributed by atoms with Crippen LogP contribution in [0.2, 0.25) is 0 Å². The molecule has 1 aromatic rings. The summed E-state index contributed by atoms with van der Waals surface area (Å²) >= 11 is 0. The Morgan fingerprint density at radius 3 is 2.86 bits per heavy atom. The summed E-state index contributed by atoms with van der Waals surface area (Å²) in [5.74, 6) is 0. The number of fused-ring (bicyclic) bond motifs is 1. The Hall–Kier alpha value is -0.930. The number of rotatable bonds is 0. The highest BCUT2D eigenvalue weighted by atomic mass is 16.7. The SMILES string of the molecule is CC(C)(C)N1Cc2cnccc2CO1. The maximum absolute atomic E-state index is 5.67. The van der Waals surface area contributed by atoms with Crippen molar-refractivity contribution in [1.29, 1.82) is 0 Å². The zero-order valence-electron chi connectivity index (χ0n) is 8.95. The molecule has 76 valence electrons. The zero-order chi connectivity index (χ0) is 10.2. The quantitative estimate of drug-likeness (QED) is 0.629. The third kappa shape index (κ3) is 1.79. The zero-order valence-corrected chi connectivity index (χ0v) is 8.95. The van der Waals surface area contributed by atoms with E-state index < -0.39 is 0 Å². The Balaban J connectivity index is 2.22. The van der Waals surface area contributed by atoms with Crippen LogP contribution in [0, 0.1) is 0 Å². The van der Waals surface area contributed by atoms with Crippen LogP contribution in [0.15, 0.2) is 18.5 Å². The summed E-state index contributed by atoms with van der Waals surface area (Å²) in [6, 6.07) is 2.02. The second-order valence-electron chi connectivity index (χ2n) is 4.63. The fraction of sp³-hybridized carbons (Fsp3) is 0.545. The van der Waals surface area contributed by atoms with Gasteiger partial charge in [0.25, 0.3) is 0 Å². The van der Waals surface area contributed by atoms with Crippen molar-refractivity contribution in [1.82, 2.24) is 10.0 Å². The van der Waals surface area contributed by atoms with Crippen molar-refractivity contribution in [2.24, 2.45) is 0 Å². The Morgan fingerprint density at radius 1 is 1.36 bits per heavy atom. The number of nitrogens with zero attached hydrogens (tertiary/aromatic N) is 2. The maximum atomic E-state index is 5.67. The van der Waals surface area contributed by atoms with Crippen LogP contribution in [0.4, 0.5) is 0 Å². The predicted molar refractivity (Wildman–Crippen MR) is 54.3 cm³/mol. The Kier molecular flexibility index (Phi) is 2.29. The molecule has 0 spiro atoms. The van der Waals surface area contributed by atoms with Crippen molar-refractivity contribution >= 4 is 0 Å². The molecule has 3 nitrogen and oxygen atoms in total. The summed E-state index contributed by atoms with van der Waals surface area (Å²) in [5.41, 5.74) is 2.57. The summed E-state index contributed by atoms with van der Waals surface area (Å²) in [7, 11) is 0. The van der Waals surface area contributed by atoms with E-state index in [1.54, 1.807) is 0 Å². The highest BCUT2D eigenvalue weighted by Gasteiger charge is 2.26. The van der Waals surface area contributed by atoms with Crippen molar-refractivity contribution in [2.75, 3.05) is 0 Å². The first kappa shape index (κ1) is 9.62. The van der Waals surface area contributed by atoms with Crippen molar-refractivity contribution < 1.29 is 4.84 Å². The smallest absolute Gasteiger partial charge is 0.0940 e. The van der Waals surface area contributed by atoms with Gasteiger partial charge in [0.1, 0.15) is 0 Å². The average molecular weight is 192 g/mol. The first-order chi connectivity index (χ1) is 6.57. The van der Waals surface area contributed by atoms with Gasteiger partial charge in [-0.05, 0) is 38.0 Å². The van der Waals surface area contributed by atoms with Crippen LogP contribution in [-0.4, -0.2) is 15.6 Å². The third-order valence-corrected chi connectivity index (χ3v) is 2.44. The van der Waals surface area contributed by atoms with Crippen molar-refractivity contribution in [3.8, 4) is 0 Å². The van der Waals surface area contributed by atoms with E-state index >= 15 is 0 Å². The molecule has 2 heterocycles. The minimum absolute atomic E-state index is 0.0491. The number of aromatic nitrogens is 1. The van der Waals surface area contributed by atoms with Gasteiger partial charge in [-0.3, -0.25) is 9.82 Å². The van der Waals surface area contributed by atoms with Crippen LogP contribution in [0.1, 0.15) is 31.9 Å². The molecule has 14 heavy (non-hydrogen) atoms. The van der Waals surface area contributed by atoms with Gasteiger partial charge in [0.15, 0.2) is 0 Å². The standard InChI is InChI=1S/C11H16N2O/c1-11(2,3)13-7-10-6-12-5-4-9(10)8-14-13/h4-6H,7-8H2,1-3H3. The molecule has 0 unspecified atom stereocenters. The van der Waals surface area contributed by atoms with Gasteiger partial charge in [0, 0.05) is 17.9 Å². The van der Waals surface area contributed by atoms with Crippen LogP contribution >= 0.6 is 0 Å². The molecule has 1 aromatic heterocycles. The monoisotopic (exact) mass is 192 g/mol. The Bertz CT molecular complexity index is 330. The summed E-state index contributed by atoms with van der Waals surface area (Å²) in [6.45, 7) is 7.93. The molecule has 1 aliphatic heterocycles. The Morgan fingerprint density at radius 2 is 2.14 bits per heavy atom. The van der Waals surface area contributed by atoms with Crippen molar-refractivity contribution in [3.63, 3.8) is 0 Å². The van der Waals surface area contributed by atoms with Gasteiger partial charge < -0.3 is 0 Å². The van der Waals surface area contributed by atoms with Gasteiger partial charge in [-0.15, -0.1) is 0 Å². The first-order valence-electron chi connectivity index (χ1n) is 4.90. The van der Waals surface area contributed by atoms with Crippen molar-refractivity contribution in [2.45, 2.75) is 39.5 Å². The minimum atomic E-state index is 0.0491. The number of pyridine rings is 1. The third-order valence-electron chi connectivity index (χ3n) is 2.44. The van der Waals surface area contributed by atoms with E-state index in [-0.39, 0.29) is 5.54 Å². The number of hydrogen-bond donors (Lipinski definition) is 0. The van der Waals surface area contributed by atoms with Gasteiger partial charge >= 0.3 is 0 Å². The molecule has 0 saturated heterocycles. The van der Waals surface area contributed by atoms with Gasteiger partial charge in [-0.2, -0.15) is 5.06 Å². The molecule has 0 radical (unpaired) electrons. The summed E-state index contributed by atoms with van der Waals surface area (Å²) in [5, 5.41) is 2.01. The summed E-state index contributed by atoms with van der Waals surface area (Å²) < 4.78 is 0. The van der Waals surface area contributed by atoms with E-state index in [9.17, 15) is 0 Å². The van der Waals surface area contributed by atoms with E-state index in [1.807, 2.05) is 23.5 Å². The molecular formula is C11H16N2O.